The summed E-state index contributed by atoms with van der Waals surface area (Å²) < 4.78 is 6.40. The highest BCUT2D eigenvalue weighted by atomic mass is 79.9. The van der Waals surface area contributed by atoms with E-state index in [0.717, 1.165) is 16.7 Å². The van der Waals surface area contributed by atoms with E-state index in [1.807, 2.05) is 0 Å². The van der Waals surface area contributed by atoms with Crippen LogP contribution >= 0.6 is 15.9 Å². The summed E-state index contributed by atoms with van der Waals surface area (Å²) in [7, 11) is 0. The van der Waals surface area contributed by atoms with E-state index >= 15 is 0 Å². The molecule has 1 aromatic carbocycles. The van der Waals surface area contributed by atoms with Gasteiger partial charge in [0, 0.05) is 11.0 Å². The van der Waals surface area contributed by atoms with Gasteiger partial charge in [-0.15, -0.1) is 0 Å². The van der Waals surface area contributed by atoms with Crippen LogP contribution in [0.4, 0.5) is 5.69 Å². The molecule has 0 saturated carbocycles. The molecule has 0 amide bonds. The van der Waals surface area contributed by atoms with E-state index in [1.165, 1.54) is 5.56 Å². The Morgan fingerprint density at radius 1 is 1.56 bits per heavy atom. The zero-order valence-corrected chi connectivity index (χ0v) is 10.7. The maximum Gasteiger partial charge on any atom is 0.161 e. The van der Waals surface area contributed by atoms with Crippen LogP contribution in [0, 0.1) is 18.3 Å². The average Bonchev–Trinajstić information content (AvgIpc) is 2.29. The fraction of sp³-hybridized carbons (Fsp3) is 0.417. The Labute approximate surface area is 104 Å². The summed E-state index contributed by atoms with van der Waals surface area (Å²) in [6.45, 7) is 4.14. The molecule has 16 heavy (non-hydrogen) atoms. The van der Waals surface area contributed by atoms with E-state index in [2.05, 4.69) is 52.0 Å². The molecule has 1 aliphatic heterocycles. The van der Waals surface area contributed by atoms with Crippen molar-refractivity contribution in [3.05, 3.63) is 28.2 Å². The van der Waals surface area contributed by atoms with Crippen molar-refractivity contribution in [2.75, 3.05) is 24.6 Å². The van der Waals surface area contributed by atoms with Crippen molar-refractivity contribution >= 4 is 21.6 Å². The van der Waals surface area contributed by atoms with Gasteiger partial charge in [0.25, 0.3) is 0 Å². The molecule has 0 aliphatic carbocycles. The molecule has 1 saturated heterocycles. The van der Waals surface area contributed by atoms with Crippen molar-refractivity contribution in [3.8, 4) is 6.07 Å². The van der Waals surface area contributed by atoms with Crippen LogP contribution in [0.1, 0.15) is 5.56 Å². The van der Waals surface area contributed by atoms with Crippen LogP contribution in [-0.4, -0.2) is 25.8 Å². The first-order valence-electron chi connectivity index (χ1n) is 5.23. The van der Waals surface area contributed by atoms with Gasteiger partial charge in [-0.1, -0.05) is 6.07 Å². The summed E-state index contributed by atoms with van der Waals surface area (Å²) in [4.78, 5) is 2.18. The minimum absolute atomic E-state index is 0.318. The number of hydrogen-bond acceptors (Lipinski definition) is 3. The standard InChI is InChI=1S/C12H13BrN2O/c1-9-2-3-12(11(13)6-9)15-4-5-16-10(7-14)8-15/h2-3,6,10H,4-5,8H2,1H3. The number of benzene rings is 1. The normalized spacial score (nSPS) is 20.6. The van der Waals surface area contributed by atoms with E-state index < -0.39 is 0 Å². The lowest BCUT2D eigenvalue weighted by Gasteiger charge is -2.32. The molecule has 0 bridgehead atoms. The summed E-state index contributed by atoms with van der Waals surface area (Å²) in [6.07, 6.45) is -0.318. The number of aryl methyl sites for hydroxylation is 1. The highest BCUT2D eigenvalue weighted by Gasteiger charge is 2.21. The quantitative estimate of drug-likeness (QED) is 0.793. The van der Waals surface area contributed by atoms with Crippen LogP contribution in [0.3, 0.4) is 0 Å². The average molecular weight is 281 g/mol. The van der Waals surface area contributed by atoms with Gasteiger partial charge in [0.15, 0.2) is 6.10 Å². The lowest BCUT2D eigenvalue weighted by atomic mass is 10.2. The first-order chi connectivity index (χ1) is 7.70. The maximum absolute atomic E-state index is 8.86. The Kier molecular flexibility index (Phi) is 3.47. The van der Waals surface area contributed by atoms with E-state index in [4.69, 9.17) is 10.00 Å². The predicted molar refractivity (Wildman–Crippen MR) is 66.4 cm³/mol. The summed E-state index contributed by atoms with van der Waals surface area (Å²) in [5, 5.41) is 8.86. The van der Waals surface area contributed by atoms with Gasteiger partial charge in [0.1, 0.15) is 0 Å². The zero-order chi connectivity index (χ0) is 11.5. The molecule has 1 heterocycles. The summed E-state index contributed by atoms with van der Waals surface area (Å²) >= 11 is 3.56. The van der Waals surface area contributed by atoms with Crippen LogP contribution in [-0.2, 0) is 4.74 Å². The van der Waals surface area contributed by atoms with Crippen molar-refractivity contribution < 1.29 is 4.74 Å². The van der Waals surface area contributed by atoms with Crippen molar-refractivity contribution in [2.45, 2.75) is 13.0 Å². The SMILES string of the molecule is Cc1ccc(N2CCOC(C#N)C2)c(Br)c1. The molecule has 1 aliphatic rings. The Bertz CT molecular complexity index is 428. The first-order valence-corrected chi connectivity index (χ1v) is 6.02. The van der Waals surface area contributed by atoms with Crippen LogP contribution in [0.2, 0.25) is 0 Å². The molecule has 1 atom stereocenters. The molecular formula is C12H13BrN2O. The second kappa shape index (κ2) is 4.86. The van der Waals surface area contributed by atoms with Crippen molar-refractivity contribution in [2.24, 2.45) is 0 Å². The Balaban J connectivity index is 2.20. The second-order valence-electron chi connectivity index (χ2n) is 3.89. The van der Waals surface area contributed by atoms with Gasteiger partial charge in [-0.25, -0.2) is 0 Å². The number of ether oxygens (including phenoxy) is 1. The Morgan fingerprint density at radius 3 is 3.06 bits per heavy atom. The summed E-state index contributed by atoms with van der Waals surface area (Å²) in [5.74, 6) is 0. The number of nitriles is 1. The lowest BCUT2D eigenvalue weighted by molar-refractivity contribution is 0.0764. The van der Waals surface area contributed by atoms with Gasteiger partial charge in [0.05, 0.1) is 24.9 Å². The van der Waals surface area contributed by atoms with Gasteiger partial charge in [-0.2, -0.15) is 5.26 Å². The smallest absolute Gasteiger partial charge is 0.161 e. The van der Waals surface area contributed by atoms with E-state index in [0.29, 0.717) is 13.2 Å². The van der Waals surface area contributed by atoms with E-state index in [-0.39, 0.29) is 6.10 Å². The molecule has 2 rings (SSSR count). The highest BCUT2D eigenvalue weighted by molar-refractivity contribution is 9.10. The number of halogens is 1. The van der Waals surface area contributed by atoms with Gasteiger partial charge in [-0.05, 0) is 40.5 Å². The molecule has 0 aromatic heterocycles. The molecule has 84 valence electrons. The van der Waals surface area contributed by atoms with Crippen LogP contribution in [0.25, 0.3) is 0 Å². The molecule has 1 aromatic rings. The van der Waals surface area contributed by atoms with Gasteiger partial charge in [0.2, 0.25) is 0 Å². The largest absolute Gasteiger partial charge is 0.365 e. The highest BCUT2D eigenvalue weighted by Crippen LogP contribution is 2.28. The molecule has 3 nitrogen and oxygen atoms in total. The minimum Gasteiger partial charge on any atom is -0.365 e. The molecule has 0 N–H and O–H groups in total. The predicted octanol–water partition coefficient (Wildman–Crippen LogP) is 2.49. The molecule has 4 heteroatoms. The third-order valence-electron chi connectivity index (χ3n) is 2.65. The second-order valence-corrected chi connectivity index (χ2v) is 4.74. The van der Waals surface area contributed by atoms with Crippen LogP contribution < -0.4 is 4.90 Å². The lowest BCUT2D eigenvalue weighted by Crippen LogP contribution is -2.42. The molecule has 1 fully saturated rings. The van der Waals surface area contributed by atoms with Crippen LogP contribution in [0.5, 0.6) is 0 Å². The minimum atomic E-state index is -0.318. The third kappa shape index (κ3) is 2.37. The molecule has 1 unspecified atom stereocenters. The number of hydrogen-bond donors (Lipinski definition) is 0. The van der Waals surface area contributed by atoms with Crippen molar-refractivity contribution in [1.82, 2.24) is 0 Å². The number of nitrogens with zero attached hydrogens (tertiary/aromatic N) is 2. The Hall–Kier alpha value is -1.05. The monoisotopic (exact) mass is 280 g/mol. The molecule has 0 radical (unpaired) electrons. The fourth-order valence-electron chi connectivity index (χ4n) is 1.81. The van der Waals surface area contributed by atoms with E-state index in [9.17, 15) is 0 Å². The third-order valence-corrected chi connectivity index (χ3v) is 3.29. The number of rotatable bonds is 1. The van der Waals surface area contributed by atoms with Gasteiger partial charge < -0.3 is 9.64 Å². The van der Waals surface area contributed by atoms with Crippen molar-refractivity contribution in [3.63, 3.8) is 0 Å². The number of morpholine rings is 1. The topological polar surface area (TPSA) is 36.3 Å². The first kappa shape index (κ1) is 11.4. The summed E-state index contributed by atoms with van der Waals surface area (Å²) in [6, 6.07) is 8.41. The Morgan fingerprint density at radius 2 is 2.38 bits per heavy atom. The van der Waals surface area contributed by atoms with Crippen molar-refractivity contribution in [1.29, 1.82) is 5.26 Å². The van der Waals surface area contributed by atoms with Gasteiger partial charge in [-0.3, -0.25) is 0 Å². The maximum atomic E-state index is 8.86. The fourth-order valence-corrected chi connectivity index (χ4v) is 2.56. The van der Waals surface area contributed by atoms with E-state index in [1.54, 1.807) is 0 Å². The zero-order valence-electron chi connectivity index (χ0n) is 9.11. The van der Waals surface area contributed by atoms with Crippen LogP contribution in [0.15, 0.2) is 22.7 Å². The number of anilines is 1. The summed E-state index contributed by atoms with van der Waals surface area (Å²) in [5.41, 5.74) is 2.36. The molecular weight excluding hydrogens is 268 g/mol. The van der Waals surface area contributed by atoms with Gasteiger partial charge >= 0.3 is 0 Å². The molecule has 0 spiro atoms.